The van der Waals surface area contributed by atoms with E-state index in [9.17, 15) is 0 Å². The second-order valence-electron chi connectivity index (χ2n) is 9.24. The van der Waals surface area contributed by atoms with Crippen molar-refractivity contribution < 1.29 is 9.47 Å². The van der Waals surface area contributed by atoms with E-state index in [2.05, 4.69) is 105 Å². The lowest BCUT2D eigenvalue weighted by Gasteiger charge is -2.34. The first kappa shape index (κ1) is 20.1. The van der Waals surface area contributed by atoms with Gasteiger partial charge in [-0.15, -0.1) is 23.5 Å². The van der Waals surface area contributed by atoms with E-state index in [4.69, 9.17) is 9.47 Å². The summed E-state index contributed by atoms with van der Waals surface area (Å²) in [6.45, 7) is 7.07. The summed E-state index contributed by atoms with van der Waals surface area (Å²) in [6, 6.07) is 17.2. The molecular weight excluding hydrogens is 408 g/mol. The van der Waals surface area contributed by atoms with E-state index in [0.29, 0.717) is 16.4 Å². The molecule has 4 heteroatoms. The molecule has 0 amide bonds. The fourth-order valence-corrected chi connectivity index (χ4v) is 9.27. The molecular formula is C26H28O2S2. The highest BCUT2D eigenvalue weighted by Crippen LogP contribution is 2.71. The number of fused-ring (bicyclic) bond motifs is 1. The minimum absolute atomic E-state index is 0.0574. The van der Waals surface area contributed by atoms with Crippen LogP contribution in [0.15, 0.2) is 66.3 Å². The van der Waals surface area contributed by atoms with E-state index in [1.165, 1.54) is 16.7 Å². The monoisotopic (exact) mass is 436 g/mol. The Bertz CT molecular complexity index is 1010. The molecule has 1 aliphatic carbocycles. The topological polar surface area (TPSA) is 18.5 Å². The van der Waals surface area contributed by atoms with Gasteiger partial charge in [-0.1, -0.05) is 56.7 Å². The van der Waals surface area contributed by atoms with Crippen LogP contribution in [0.4, 0.5) is 0 Å². The van der Waals surface area contributed by atoms with Crippen LogP contribution < -0.4 is 9.47 Å². The summed E-state index contributed by atoms with van der Waals surface area (Å²) in [5.74, 6) is 2.28. The molecule has 2 aliphatic heterocycles. The third kappa shape index (κ3) is 3.11. The zero-order valence-corrected chi connectivity index (χ0v) is 19.8. The second-order valence-corrected chi connectivity index (χ2v) is 12.3. The Balaban J connectivity index is 1.64. The number of hydrogen-bond donors (Lipinski definition) is 0. The molecule has 2 aromatic carbocycles. The molecule has 1 saturated heterocycles. The van der Waals surface area contributed by atoms with Crippen molar-refractivity contribution in [3.8, 4) is 11.5 Å². The van der Waals surface area contributed by atoms with E-state index in [0.717, 1.165) is 11.5 Å². The molecule has 0 spiro atoms. The SMILES string of the molecule is COc1ccc(C2=C[C@]3(c4ccc(OC)cc4)SC4[C@@H]2C=C(C(C)(C)C)[C@H]4S3)cc1. The van der Waals surface area contributed by atoms with Crippen molar-refractivity contribution >= 4 is 29.1 Å². The van der Waals surface area contributed by atoms with Crippen molar-refractivity contribution in [1.82, 2.24) is 0 Å². The lowest BCUT2D eigenvalue weighted by molar-refractivity contribution is 0.414. The minimum atomic E-state index is -0.0574. The Morgan fingerprint density at radius 1 is 0.833 bits per heavy atom. The highest BCUT2D eigenvalue weighted by Gasteiger charge is 2.58. The van der Waals surface area contributed by atoms with E-state index in [1.54, 1.807) is 19.8 Å². The maximum atomic E-state index is 5.41. The van der Waals surface area contributed by atoms with Gasteiger partial charge in [-0.05, 0) is 52.5 Å². The maximum Gasteiger partial charge on any atom is 0.118 e. The number of benzene rings is 2. The Labute approximate surface area is 188 Å². The molecule has 1 fully saturated rings. The van der Waals surface area contributed by atoms with Gasteiger partial charge in [-0.2, -0.15) is 0 Å². The molecule has 2 bridgehead atoms. The van der Waals surface area contributed by atoms with Gasteiger partial charge in [-0.3, -0.25) is 0 Å². The fourth-order valence-electron chi connectivity index (χ4n) is 4.85. The summed E-state index contributed by atoms with van der Waals surface area (Å²) >= 11 is 4.27. The Kier molecular flexibility index (Phi) is 4.79. The molecule has 0 N–H and O–H groups in total. The van der Waals surface area contributed by atoms with Gasteiger partial charge in [0.1, 0.15) is 15.6 Å². The van der Waals surface area contributed by atoms with Crippen LogP contribution in [0.2, 0.25) is 0 Å². The van der Waals surface area contributed by atoms with Crippen LogP contribution in [0.5, 0.6) is 11.5 Å². The molecule has 2 heterocycles. The van der Waals surface area contributed by atoms with E-state index < -0.39 is 0 Å². The van der Waals surface area contributed by atoms with Crippen molar-refractivity contribution in [2.45, 2.75) is 35.4 Å². The number of methoxy groups -OCH3 is 2. The summed E-state index contributed by atoms with van der Waals surface area (Å²) in [6.07, 6.45) is 5.10. The summed E-state index contributed by atoms with van der Waals surface area (Å²) in [7, 11) is 3.45. The van der Waals surface area contributed by atoms with Crippen molar-refractivity contribution in [2.24, 2.45) is 11.3 Å². The van der Waals surface area contributed by atoms with Crippen LogP contribution >= 0.6 is 23.5 Å². The third-order valence-electron chi connectivity index (χ3n) is 6.42. The van der Waals surface area contributed by atoms with Crippen LogP contribution in [0, 0.1) is 11.3 Å². The minimum Gasteiger partial charge on any atom is -0.497 e. The summed E-state index contributed by atoms with van der Waals surface area (Å²) in [4.78, 5) is 0. The lowest BCUT2D eigenvalue weighted by atomic mass is 9.85. The van der Waals surface area contributed by atoms with Gasteiger partial charge >= 0.3 is 0 Å². The molecule has 30 heavy (non-hydrogen) atoms. The van der Waals surface area contributed by atoms with Crippen LogP contribution in [0.3, 0.4) is 0 Å². The number of allylic oxidation sites excluding steroid dienone is 2. The Hall–Kier alpha value is -1.78. The second kappa shape index (κ2) is 7.13. The predicted molar refractivity (Wildman–Crippen MR) is 129 cm³/mol. The van der Waals surface area contributed by atoms with Crippen LogP contribution in [-0.4, -0.2) is 24.7 Å². The summed E-state index contributed by atoms with van der Waals surface area (Å²) < 4.78 is 10.7. The van der Waals surface area contributed by atoms with Gasteiger partial charge in [0, 0.05) is 16.4 Å². The first-order valence-electron chi connectivity index (χ1n) is 10.4. The average molecular weight is 437 g/mol. The highest BCUT2D eigenvalue weighted by molar-refractivity contribution is 8.21. The largest absolute Gasteiger partial charge is 0.497 e. The molecule has 5 rings (SSSR count). The zero-order valence-electron chi connectivity index (χ0n) is 18.1. The molecule has 3 aliphatic rings. The predicted octanol–water partition coefficient (Wildman–Crippen LogP) is 6.77. The summed E-state index contributed by atoms with van der Waals surface area (Å²) in [5, 5.41) is 1.13. The van der Waals surface area contributed by atoms with Gasteiger partial charge in [0.2, 0.25) is 0 Å². The van der Waals surface area contributed by atoms with Crippen molar-refractivity contribution in [1.29, 1.82) is 0 Å². The van der Waals surface area contributed by atoms with Crippen molar-refractivity contribution in [3.05, 3.63) is 77.4 Å². The van der Waals surface area contributed by atoms with E-state index in [-0.39, 0.29) is 9.49 Å². The molecule has 156 valence electrons. The molecule has 0 aromatic heterocycles. The van der Waals surface area contributed by atoms with Gasteiger partial charge in [0.25, 0.3) is 0 Å². The first-order valence-corrected chi connectivity index (χ1v) is 12.2. The van der Waals surface area contributed by atoms with Crippen LogP contribution in [0.1, 0.15) is 31.9 Å². The van der Waals surface area contributed by atoms with Gasteiger partial charge < -0.3 is 9.47 Å². The smallest absolute Gasteiger partial charge is 0.118 e. The highest BCUT2D eigenvalue weighted by atomic mass is 32.2. The molecule has 2 nitrogen and oxygen atoms in total. The zero-order chi connectivity index (χ0) is 21.1. The first-order chi connectivity index (χ1) is 14.3. The number of ether oxygens (including phenoxy) is 2. The summed E-state index contributed by atoms with van der Waals surface area (Å²) in [5.41, 5.74) is 5.89. The normalized spacial score (nSPS) is 29.4. The van der Waals surface area contributed by atoms with Crippen molar-refractivity contribution in [2.75, 3.05) is 14.2 Å². The molecule has 1 unspecified atom stereocenters. The maximum absolute atomic E-state index is 5.41. The quantitative estimate of drug-likeness (QED) is 0.492. The Morgan fingerprint density at radius 2 is 1.43 bits per heavy atom. The Morgan fingerprint density at radius 3 is 2.00 bits per heavy atom. The number of hydrogen-bond acceptors (Lipinski definition) is 4. The van der Waals surface area contributed by atoms with Crippen molar-refractivity contribution in [3.63, 3.8) is 0 Å². The fraction of sp³-hybridized carbons (Fsp3) is 0.385. The standard InChI is InChI=1S/C26H28O2S2/c1-25(2,3)22-14-20-21(16-6-10-18(27-4)11-7-16)15-26(29-23(20)24(22)30-26)17-8-12-19(28-5)13-9-17/h6-15,20,23-24H,1-5H3/t20-,23?,24-,26+/m1/s1. The average Bonchev–Trinajstić information content (AvgIpc) is 3.25. The van der Waals surface area contributed by atoms with E-state index >= 15 is 0 Å². The van der Waals surface area contributed by atoms with Crippen LogP contribution in [0.25, 0.3) is 5.57 Å². The lowest BCUT2D eigenvalue weighted by Crippen LogP contribution is -2.24. The third-order valence-corrected chi connectivity index (χ3v) is 10.2. The molecule has 4 atom stereocenters. The van der Waals surface area contributed by atoms with Gasteiger partial charge in [0.15, 0.2) is 0 Å². The molecule has 0 saturated carbocycles. The number of thioether (sulfide) groups is 2. The number of rotatable bonds is 4. The van der Waals surface area contributed by atoms with Crippen LogP contribution in [-0.2, 0) is 4.08 Å². The molecule has 0 radical (unpaired) electrons. The van der Waals surface area contributed by atoms with E-state index in [1.807, 2.05) is 0 Å². The molecule has 2 aromatic rings. The van der Waals surface area contributed by atoms with Gasteiger partial charge in [-0.25, -0.2) is 0 Å². The van der Waals surface area contributed by atoms with Gasteiger partial charge in [0.05, 0.1) is 14.2 Å².